The minimum Gasteiger partial charge on any atom is -0.507 e. The minimum atomic E-state index is -0.953. The van der Waals surface area contributed by atoms with Crippen molar-refractivity contribution in [3.8, 4) is 17.2 Å². The maximum Gasteiger partial charge on any atom is 0.300 e. The highest BCUT2D eigenvalue weighted by Crippen LogP contribution is 2.47. The van der Waals surface area contributed by atoms with Gasteiger partial charge in [-0.3, -0.25) is 14.5 Å². The number of aryl methyl sites for hydroxylation is 1. The van der Waals surface area contributed by atoms with Crippen molar-refractivity contribution in [2.45, 2.75) is 13.0 Å². The zero-order valence-electron chi connectivity index (χ0n) is 21.5. The number of nitrogens with zero attached hydrogens (tertiary/aromatic N) is 1. The first-order valence-electron chi connectivity index (χ1n) is 12.0. The smallest absolute Gasteiger partial charge is 0.300 e. The van der Waals surface area contributed by atoms with E-state index in [2.05, 4.69) is 0 Å². The quantitative estimate of drug-likeness (QED) is 0.201. The van der Waals surface area contributed by atoms with E-state index < -0.39 is 17.7 Å². The standard InChI is InChI=1S/C31H27NO6/c1-18-12-14-21(15-13-18)32-27(20-16-24(36-2)30(38-4)25(17-20)37-3)26(29(34)31(32)35)28(33)23-11-7-9-19-8-5-6-10-22(19)23/h5-17,27,33H,1-4H3/b28-26+. The van der Waals surface area contributed by atoms with Crippen LogP contribution >= 0.6 is 0 Å². The van der Waals surface area contributed by atoms with E-state index in [1.807, 2.05) is 55.5 Å². The first kappa shape index (κ1) is 24.9. The lowest BCUT2D eigenvalue weighted by Crippen LogP contribution is -2.29. The number of hydrogen-bond acceptors (Lipinski definition) is 6. The molecule has 4 aromatic carbocycles. The monoisotopic (exact) mass is 509 g/mol. The number of aliphatic hydroxyl groups excluding tert-OH is 1. The normalized spacial score (nSPS) is 16.6. The predicted octanol–water partition coefficient (Wildman–Crippen LogP) is 5.80. The van der Waals surface area contributed by atoms with E-state index in [0.717, 1.165) is 16.3 Å². The lowest BCUT2D eigenvalue weighted by Gasteiger charge is -2.27. The van der Waals surface area contributed by atoms with Crippen LogP contribution in [-0.2, 0) is 9.59 Å². The van der Waals surface area contributed by atoms with Gasteiger partial charge < -0.3 is 19.3 Å². The Balaban J connectivity index is 1.82. The Morgan fingerprint density at radius 1 is 0.816 bits per heavy atom. The Labute approximate surface area is 220 Å². The van der Waals surface area contributed by atoms with Gasteiger partial charge in [0.2, 0.25) is 5.75 Å². The van der Waals surface area contributed by atoms with Crippen LogP contribution in [0.3, 0.4) is 0 Å². The van der Waals surface area contributed by atoms with Crippen LogP contribution < -0.4 is 19.1 Å². The molecule has 0 aromatic heterocycles. The molecule has 192 valence electrons. The van der Waals surface area contributed by atoms with E-state index in [-0.39, 0.29) is 11.3 Å². The summed E-state index contributed by atoms with van der Waals surface area (Å²) in [5.41, 5.74) is 2.48. The van der Waals surface area contributed by atoms with Gasteiger partial charge in [-0.1, -0.05) is 60.2 Å². The molecule has 1 aliphatic heterocycles. The highest BCUT2D eigenvalue weighted by molar-refractivity contribution is 6.51. The summed E-state index contributed by atoms with van der Waals surface area (Å²) in [5, 5.41) is 13.4. The van der Waals surface area contributed by atoms with Crippen LogP contribution in [0.15, 0.2) is 84.4 Å². The lowest BCUT2D eigenvalue weighted by molar-refractivity contribution is -0.132. The largest absolute Gasteiger partial charge is 0.507 e. The van der Waals surface area contributed by atoms with Gasteiger partial charge in [0.1, 0.15) is 5.76 Å². The fourth-order valence-corrected chi connectivity index (χ4v) is 4.96. The summed E-state index contributed by atoms with van der Waals surface area (Å²) in [6, 6.07) is 22.8. The molecule has 1 aliphatic rings. The molecule has 5 rings (SSSR count). The summed E-state index contributed by atoms with van der Waals surface area (Å²) < 4.78 is 16.6. The molecule has 0 bridgehead atoms. The second-order valence-corrected chi connectivity index (χ2v) is 8.99. The average Bonchev–Trinajstić information content (AvgIpc) is 3.21. The molecule has 7 nitrogen and oxygen atoms in total. The van der Waals surface area contributed by atoms with Gasteiger partial charge in [0.25, 0.3) is 11.7 Å². The number of anilines is 1. The van der Waals surface area contributed by atoms with Crippen LogP contribution in [0.4, 0.5) is 5.69 Å². The molecule has 1 saturated heterocycles. The molecule has 0 aliphatic carbocycles. The van der Waals surface area contributed by atoms with E-state index in [0.29, 0.717) is 34.1 Å². The van der Waals surface area contributed by atoms with E-state index in [1.165, 1.54) is 26.2 Å². The van der Waals surface area contributed by atoms with Crippen molar-refractivity contribution in [3.63, 3.8) is 0 Å². The van der Waals surface area contributed by atoms with Crippen molar-refractivity contribution in [1.82, 2.24) is 0 Å². The van der Waals surface area contributed by atoms with Crippen LogP contribution in [0.1, 0.15) is 22.7 Å². The first-order chi connectivity index (χ1) is 18.4. The summed E-state index contributed by atoms with van der Waals surface area (Å²) in [6.07, 6.45) is 0. The van der Waals surface area contributed by atoms with E-state index in [4.69, 9.17) is 14.2 Å². The van der Waals surface area contributed by atoms with Crippen LogP contribution in [0.5, 0.6) is 17.2 Å². The van der Waals surface area contributed by atoms with Crippen LogP contribution in [0, 0.1) is 6.92 Å². The Bertz CT molecular complexity index is 1560. The molecule has 38 heavy (non-hydrogen) atoms. The van der Waals surface area contributed by atoms with Gasteiger partial charge in [0.15, 0.2) is 11.5 Å². The molecule has 1 N–H and O–H groups in total. The number of hydrogen-bond donors (Lipinski definition) is 1. The average molecular weight is 510 g/mol. The molecule has 1 unspecified atom stereocenters. The number of benzene rings is 4. The Morgan fingerprint density at radius 2 is 1.45 bits per heavy atom. The van der Waals surface area contributed by atoms with Crippen LogP contribution in [-0.4, -0.2) is 38.1 Å². The number of rotatable bonds is 6. The number of carbonyl (C=O) groups is 2. The second-order valence-electron chi connectivity index (χ2n) is 8.99. The maximum absolute atomic E-state index is 13.6. The molecule has 4 aromatic rings. The van der Waals surface area contributed by atoms with Gasteiger partial charge in [0, 0.05) is 11.3 Å². The van der Waals surface area contributed by atoms with Gasteiger partial charge in [-0.25, -0.2) is 0 Å². The summed E-state index contributed by atoms with van der Waals surface area (Å²) in [4.78, 5) is 28.6. The van der Waals surface area contributed by atoms with Gasteiger partial charge in [0.05, 0.1) is 32.9 Å². The van der Waals surface area contributed by atoms with E-state index in [1.54, 1.807) is 30.3 Å². The molecule has 7 heteroatoms. The summed E-state index contributed by atoms with van der Waals surface area (Å²) in [5.74, 6) is -0.680. The first-order valence-corrected chi connectivity index (χ1v) is 12.0. The van der Waals surface area contributed by atoms with Crippen molar-refractivity contribution in [2.75, 3.05) is 26.2 Å². The molecular formula is C31H27NO6. The molecule has 1 amide bonds. The van der Waals surface area contributed by atoms with Crippen molar-refractivity contribution in [3.05, 3.63) is 101 Å². The third-order valence-corrected chi connectivity index (χ3v) is 6.80. The fraction of sp³-hybridized carbons (Fsp3) is 0.161. The highest BCUT2D eigenvalue weighted by atomic mass is 16.5. The molecule has 1 atom stereocenters. The number of Topliss-reactive ketones (excluding diaryl/α,β-unsaturated/α-hetero) is 1. The summed E-state index contributed by atoms with van der Waals surface area (Å²) >= 11 is 0. The zero-order chi connectivity index (χ0) is 27.0. The fourth-order valence-electron chi connectivity index (χ4n) is 4.96. The van der Waals surface area contributed by atoms with Gasteiger partial charge in [-0.05, 0) is 47.5 Å². The van der Waals surface area contributed by atoms with Gasteiger partial charge >= 0.3 is 0 Å². The van der Waals surface area contributed by atoms with Crippen molar-refractivity contribution in [1.29, 1.82) is 0 Å². The number of ketones is 1. The van der Waals surface area contributed by atoms with Crippen molar-refractivity contribution in [2.24, 2.45) is 0 Å². The molecule has 1 fully saturated rings. The molecule has 1 heterocycles. The topological polar surface area (TPSA) is 85.3 Å². The Morgan fingerprint density at radius 3 is 2.08 bits per heavy atom. The van der Waals surface area contributed by atoms with Gasteiger partial charge in [-0.15, -0.1) is 0 Å². The van der Waals surface area contributed by atoms with Crippen LogP contribution in [0.25, 0.3) is 16.5 Å². The van der Waals surface area contributed by atoms with Gasteiger partial charge in [-0.2, -0.15) is 0 Å². The number of amides is 1. The molecule has 0 radical (unpaired) electrons. The minimum absolute atomic E-state index is 0.0267. The number of carbonyl (C=O) groups excluding carboxylic acids is 2. The highest BCUT2D eigenvalue weighted by Gasteiger charge is 2.47. The number of aliphatic hydroxyl groups is 1. The SMILES string of the molecule is COc1cc(C2/C(=C(\O)c3cccc4ccccc34)C(=O)C(=O)N2c2ccc(C)cc2)cc(OC)c1OC. The Hall–Kier alpha value is -4.78. The molecular weight excluding hydrogens is 482 g/mol. The van der Waals surface area contributed by atoms with E-state index >= 15 is 0 Å². The number of methoxy groups -OCH3 is 3. The van der Waals surface area contributed by atoms with Crippen molar-refractivity contribution < 1.29 is 28.9 Å². The number of fused-ring (bicyclic) bond motifs is 1. The summed E-state index contributed by atoms with van der Waals surface area (Å²) in [6.45, 7) is 1.94. The number of ether oxygens (including phenoxy) is 3. The second kappa shape index (κ2) is 9.94. The van der Waals surface area contributed by atoms with Crippen LogP contribution in [0.2, 0.25) is 0 Å². The maximum atomic E-state index is 13.6. The Kier molecular flexibility index (Phi) is 6.51. The lowest BCUT2D eigenvalue weighted by atomic mass is 9.92. The van der Waals surface area contributed by atoms with Crippen molar-refractivity contribution >= 4 is 33.9 Å². The molecule has 0 spiro atoms. The zero-order valence-corrected chi connectivity index (χ0v) is 21.5. The molecule has 0 saturated carbocycles. The third-order valence-electron chi connectivity index (χ3n) is 6.80. The third kappa shape index (κ3) is 4.02. The summed E-state index contributed by atoms with van der Waals surface area (Å²) in [7, 11) is 4.49. The van der Waals surface area contributed by atoms with E-state index in [9.17, 15) is 14.7 Å². The predicted molar refractivity (Wildman–Crippen MR) is 146 cm³/mol.